The molecular weight excluding hydrogens is 278 g/mol. The number of cyclic esters (lactones) is 1. The van der Waals surface area contributed by atoms with Crippen LogP contribution in [0.1, 0.15) is 11.1 Å². The lowest BCUT2D eigenvalue weighted by Crippen LogP contribution is -2.41. The fourth-order valence-electron chi connectivity index (χ4n) is 2.66. The second kappa shape index (κ2) is 6.43. The minimum atomic E-state index is -0.540. The summed E-state index contributed by atoms with van der Waals surface area (Å²) in [5, 5.41) is 0. The number of hydrogen-bond donors (Lipinski definition) is 0. The lowest BCUT2D eigenvalue weighted by molar-refractivity contribution is -0.128. The fraction of sp³-hybridized carbons (Fsp3) is 0.222. The predicted octanol–water partition coefficient (Wildman–Crippen LogP) is 2.82. The van der Waals surface area contributed by atoms with Crippen LogP contribution < -0.4 is 0 Å². The van der Waals surface area contributed by atoms with E-state index < -0.39 is 6.09 Å². The Bertz CT molecular complexity index is 655. The van der Waals surface area contributed by atoms with E-state index >= 15 is 0 Å². The van der Waals surface area contributed by atoms with Crippen molar-refractivity contribution in [2.24, 2.45) is 0 Å². The summed E-state index contributed by atoms with van der Waals surface area (Å²) in [6, 6.07) is 19.0. The number of rotatable bonds is 4. The van der Waals surface area contributed by atoms with Crippen LogP contribution in [0.15, 0.2) is 60.7 Å². The third kappa shape index (κ3) is 3.17. The van der Waals surface area contributed by atoms with Crippen molar-refractivity contribution < 1.29 is 14.3 Å². The van der Waals surface area contributed by atoms with Gasteiger partial charge in [-0.15, -0.1) is 0 Å². The topological polar surface area (TPSA) is 46.6 Å². The molecule has 1 saturated heterocycles. The molecule has 0 spiro atoms. The maximum atomic E-state index is 12.5. The van der Waals surface area contributed by atoms with Crippen molar-refractivity contribution in [2.45, 2.75) is 18.9 Å². The summed E-state index contributed by atoms with van der Waals surface area (Å²) in [5.74, 6) is -0.213. The van der Waals surface area contributed by atoms with Gasteiger partial charge in [0.2, 0.25) is 5.91 Å². The summed E-state index contributed by atoms with van der Waals surface area (Å²) in [5.41, 5.74) is 1.98. The quantitative estimate of drug-likeness (QED) is 0.871. The highest BCUT2D eigenvalue weighted by atomic mass is 16.6. The summed E-state index contributed by atoms with van der Waals surface area (Å²) in [4.78, 5) is 25.6. The molecule has 1 fully saturated rings. The molecule has 0 N–H and O–H groups in total. The van der Waals surface area contributed by atoms with Gasteiger partial charge in [-0.3, -0.25) is 4.79 Å². The minimum Gasteiger partial charge on any atom is -0.447 e. The second-order valence-electron chi connectivity index (χ2n) is 5.35. The molecule has 1 heterocycles. The van der Waals surface area contributed by atoms with Gasteiger partial charge in [-0.25, -0.2) is 9.69 Å². The molecule has 22 heavy (non-hydrogen) atoms. The van der Waals surface area contributed by atoms with Crippen molar-refractivity contribution in [2.75, 3.05) is 6.61 Å². The normalized spacial score (nSPS) is 17.4. The lowest BCUT2D eigenvalue weighted by atomic mass is 10.0. The van der Waals surface area contributed by atoms with Gasteiger partial charge >= 0.3 is 6.09 Å². The number of carbonyl (C=O) groups excluding carboxylic acids is 2. The van der Waals surface area contributed by atoms with E-state index in [4.69, 9.17) is 4.74 Å². The highest BCUT2D eigenvalue weighted by Gasteiger charge is 2.37. The molecule has 1 aliphatic heterocycles. The summed E-state index contributed by atoms with van der Waals surface area (Å²) < 4.78 is 5.08. The molecule has 3 rings (SSSR count). The first kappa shape index (κ1) is 14.3. The Morgan fingerprint density at radius 1 is 1.00 bits per heavy atom. The summed E-state index contributed by atoms with van der Waals surface area (Å²) in [6.45, 7) is 0.258. The smallest absolute Gasteiger partial charge is 0.416 e. The molecule has 0 radical (unpaired) electrons. The average Bonchev–Trinajstić information content (AvgIpc) is 2.90. The van der Waals surface area contributed by atoms with E-state index in [9.17, 15) is 9.59 Å². The first-order valence-corrected chi connectivity index (χ1v) is 7.30. The molecule has 2 amide bonds. The first-order valence-electron chi connectivity index (χ1n) is 7.30. The molecule has 112 valence electrons. The van der Waals surface area contributed by atoms with Crippen LogP contribution in [-0.2, 0) is 22.4 Å². The van der Waals surface area contributed by atoms with E-state index in [1.165, 1.54) is 4.90 Å². The molecule has 1 aliphatic rings. The van der Waals surface area contributed by atoms with Crippen LogP contribution >= 0.6 is 0 Å². The number of amides is 2. The Labute approximate surface area is 129 Å². The Balaban J connectivity index is 1.72. The maximum absolute atomic E-state index is 12.5. The Hall–Kier alpha value is -2.62. The van der Waals surface area contributed by atoms with E-state index in [2.05, 4.69) is 0 Å². The Kier molecular flexibility index (Phi) is 4.19. The molecule has 0 aromatic heterocycles. The van der Waals surface area contributed by atoms with Crippen molar-refractivity contribution in [1.29, 1.82) is 0 Å². The van der Waals surface area contributed by atoms with Gasteiger partial charge in [-0.05, 0) is 17.5 Å². The zero-order valence-corrected chi connectivity index (χ0v) is 12.1. The van der Waals surface area contributed by atoms with Crippen LogP contribution in [0.3, 0.4) is 0 Å². The Morgan fingerprint density at radius 2 is 1.59 bits per heavy atom. The number of carbonyl (C=O) groups is 2. The minimum absolute atomic E-state index is 0.210. The van der Waals surface area contributed by atoms with Crippen LogP contribution in [0.25, 0.3) is 0 Å². The first-order chi connectivity index (χ1) is 10.7. The van der Waals surface area contributed by atoms with Gasteiger partial charge < -0.3 is 4.74 Å². The van der Waals surface area contributed by atoms with E-state index in [0.29, 0.717) is 6.42 Å². The Morgan fingerprint density at radius 3 is 2.23 bits per heavy atom. The molecule has 0 bridgehead atoms. The summed E-state index contributed by atoms with van der Waals surface area (Å²) in [6.07, 6.45) is 0.288. The molecule has 0 aliphatic carbocycles. The van der Waals surface area contributed by atoms with E-state index in [-0.39, 0.29) is 25.0 Å². The largest absolute Gasteiger partial charge is 0.447 e. The monoisotopic (exact) mass is 295 g/mol. The van der Waals surface area contributed by atoms with Gasteiger partial charge in [0.1, 0.15) is 6.61 Å². The van der Waals surface area contributed by atoms with Gasteiger partial charge in [-0.1, -0.05) is 60.7 Å². The van der Waals surface area contributed by atoms with Gasteiger partial charge in [0.05, 0.1) is 12.5 Å². The summed E-state index contributed by atoms with van der Waals surface area (Å²) in [7, 11) is 0. The summed E-state index contributed by atoms with van der Waals surface area (Å²) >= 11 is 0. The van der Waals surface area contributed by atoms with Gasteiger partial charge in [0, 0.05) is 0 Å². The number of hydrogen-bond acceptors (Lipinski definition) is 3. The molecule has 0 saturated carbocycles. The highest BCUT2D eigenvalue weighted by Crippen LogP contribution is 2.18. The van der Waals surface area contributed by atoms with Crippen molar-refractivity contribution in [1.82, 2.24) is 4.90 Å². The molecule has 2 aromatic carbocycles. The standard InChI is InChI=1S/C18H17NO3/c20-17(12-15-9-5-2-6-10-15)19-16(13-22-18(19)21)11-14-7-3-1-4-8-14/h1-10,16H,11-13H2/t16-/m1/s1. The molecule has 0 unspecified atom stereocenters. The molecule has 1 atom stereocenters. The van der Waals surface area contributed by atoms with Crippen molar-refractivity contribution in [3.8, 4) is 0 Å². The number of benzene rings is 2. The average molecular weight is 295 g/mol. The highest BCUT2D eigenvalue weighted by molar-refractivity contribution is 5.94. The third-order valence-electron chi connectivity index (χ3n) is 3.74. The van der Waals surface area contributed by atoms with Crippen molar-refractivity contribution in [3.63, 3.8) is 0 Å². The predicted molar refractivity (Wildman–Crippen MR) is 82.3 cm³/mol. The molecule has 2 aromatic rings. The lowest BCUT2D eigenvalue weighted by Gasteiger charge is -2.19. The van der Waals surface area contributed by atoms with E-state index in [0.717, 1.165) is 11.1 Å². The maximum Gasteiger partial charge on any atom is 0.416 e. The van der Waals surface area contributed by atoms with Gasteiger partial charge in [-0.2, -0.15) is 0 Å². The van der Waals surface area contributed by atoms with Crippen molar-refractivity contribution >= 4 is 12.0 Å². The fourth-order valence-corrected chi connectivity index (χ4v) is 2.66. The van der Waals surface area contributed by atoms with Gasteiger partial charge in [0.15, 0.2) is 0 Å². The number of nitrogens with zero attached hydrogens (tertiary/aromatic N) is 1. The van der Waals surface area contributed by atoms with Crippen LogP contribution in [0.4, 0.5) is 4.79 Å². The molecule has 4 nitrogen and oxygen atoms in total. The molecule has 4 heteroatoms. The number of imide groups is 1. The van der Waals surface area contributed by atoms with Gasteiger partial charge in [0.25, 0.3) is 0 Å². The number of ether oxygens (including phenoxy) is 1. The zero-order valence-electron chi connectivity index (χ0n) is 12.1. The SMILES string of the molecule is O=C(Cc1ccccc1)N1C(=O)OC[C@H]1Cc1ccccc1. The van der Waals surface area contributed by atoms with Crippen LogP contribution in [-0.4, -0.2) is 29.5 Å². The second-order valence-corrected chi connectivity index (χ2v) is 5.35. The van der Waals surface area contributed by atoms with Crippen LogP contribution in [0.5, 0.6) is 0 Å². The van der Waals surface area contributed by atoms with Crippen LogP contribution in [0.2, 0.25) is 0 Å². The van der Waals surface area contributed by atoms with Crippen LogP contribution in [0, 0.1) is 0 Å². The zero-order chi connectivity index (χ0) is 15.4. The van der Waals surface area contributed by atoms with E-state index in [1.807, 2.05) is 60.7 Å². The van der Waals surface area contributed by atoms with Crippen molar-refractivity contribution in [3.05, 3.63) is 71.8 Å². The third-order valence-corrected chi connectivity index (χ3v) is 3.74. The molecular formula is C18H17NO3. The van der Waals surface area contributed by atoms with E-state index in [1.54, 1.807) is 0 Å².